The maximum absolute atomic E-state index is 11.8. The first-order valence-electron chi connectivity index (χ1n) is 6.19. The number of amides is 1. The predicted octanol–water partition coefficient (Wildman–Crippen LogP) is 1.86. The van der Waals surface area contributed by atoms with E-state index in [9.17, 15) is 9.90 Å². The summed E-state index contributed by atoms with van der Waals surface area (Å²) < 4.78 is 0. The third-order valence-corrected chi connectivity index (χ3v) is 3.18. The molecule has 4 heteroatoms. The summed E-state index contributed by atoms with van der Waals surface area (Å²) in [6.07, 6.45) is 0. The molecule has 0 saturated heterocycles. The van der Waals surface area contributed by atoms with E-state index in [0.29, 0.717) is 6.54 Å². The number of carbonyl (C=O) groups excluding carboxylic acids is 1. The van der Waals surface area contributed by atoms with Crippen LogP contribution in [0.5, 0.6) is 5.75 Å². The van der Waals surface area contributed by atoms with Gasteiger partial charge in [0.15, 0.2) is 0 Å². The van der Waals surface area contributed by atoms with Crippen LogP contribution >= 0.6 is 0 Å². The Morgan fingerprint density at radius 1 is 1.33 bits per heavy atom. The summed E-state index contributed by atoms with van der Waals surface area (Å²) in [5.74, 6) is 0.347. The van der Waals surface area contributed by atoms with Gasteiger partial charge in [0.1, 0.15) is 5.75 Å². The normalized spacial score (nSPS) is 12.5. The summed E-state index contributed by atoms with van der Waals surface area (Å²) in [6.45, 7) is 5.13. The minimum atomic E-state index is 0.0140. The largest absolute Gasteiger partial charge is 0.508 e. The van der Waals surface area contributed by atoms with Crippen LogP contribution in [-0.4, -0.2) is 48.0 Å². The molecule has 0 aliphatic carbocycles. The number of carbonyl (C=O) groups is 1. The Morgan fingerprint density at radius 3 is 2.44 bits per heavy atom. The van der Waals surface area contributed by atoms with Gasteiger partial charge in [-0.3, -0.25) is 9.69 Å². The lowest BCUT2D eigenvalue weighted by atomic mass is 10.1. The van der Waals surface area contributed by atoms with Gasteiger partial charge < -0.3 is 10.0 Å². The summed E-state index contributed by atoms with van der Waals surface area (Å²) in [4.78, 5) is 15.4. The van der Waals surface area contributed by atoms with E-state index in [1.54, 1.807) is 31.1 Å². The smallest absolute Gasteiger partial charge is 0.236 e. The van der Waals surface area contributed by atoms with Crippen molar-refractivity contribution < 1.29 is 9.90 Å². The Kier molecular flexibility index (Phi) is 5.16. The number of hydrogen-bond donors (Lipinski definition) is 1. The van der Waals surface area contributed by atoms with Crippen molar-refractivity contribution in [1.82, 2.24) is 9.80 Å². The molecule has 1 amide bonds. The Labute approximate surface area is 109 Å². The highest BCUT2D eigenvalue weighted by Gasteiger charge is 2.20. The van der Waals surface area contributed by atoms with Gasteiger partial charge in [-0.1, -0.05) is 25.1 Å². The topological polar surface area (TPSA) is 43.8 Å². The quantitative estimate of drug-likeness (QED) is 0.867. The fourth-order valence-electron chi connectivity index (χ4n) is 1.88. The molecule has 100 valence electrons. The van der Waals surface area contributed by atoms with Crippen LogP contribution < -0.4 is 0 Å². The lowest BCUT2D eigenvalue weighted by Crippen LogP contribution is -2.37. The van der Waals surface area contributed by atoms with E-state index in [4.69, 9.17) is 0 Å². The third kappa shape index (κ3) is 3.47. The number of phenols is 1. The van der Waals surface area contributed by atoms with Gasteiger partial charge in [-0.25, -0.2) is 0 Å². The highest BCUT2D eigenvalue weighted by Crippen LogP contribution is 2.27. The fraction of sp³-hybridized carbons (Fsp3) is 0.500. The van der Waals surface area contributed by atoms with Crippen LogP contribution in [0.3, 0.4) is 0 Å². The van der Waals surface area contributed by atoms with Crippen molar-refractivity contribution in [3.8, 4) is 5.75 Å². The first-order valence-corrected chi connectivity index (χ1v) is 6.19. The zero-order chi connectivity index (χ0) is 13.7. The lowest BCUT2D eigenvalue weighted by Gasteiger charge is -2.29. The minimum Gasteiger partial charge on any atom is -0.508 e. The number of rotatable bonds is 5. The molecule has 0 aliphatic heterocycles. The second-order valence-corrected chi connectivity index (χ2v) is 4.59. The van der Waals surface area contributed by atoms with Crippen LogP contribution in [0.2, 0.25) is 0 Å². The van der Waals surface area contributed by atoms with Gasteiger partial charge in [0.25, 0.3) is 0 Å². The Hall–Kier alpha value is -1.55. The van der Waals surface area contributed by atoms with Gasteiger partial charge in [-0.15, -0.1) is 0 Å². The highest BCUT2D eigenvalue weighted by atomic mass is 16.3. The highest BCUT2D eigenvalue weighted by molar-refractivity contribution is 5.77. The summed E-state index contributed by atoms with van der Waals surface area (Å²) in [5.41, 5.74) is 0.853. The first-order chi connectivity index (χ1) is 8.47. The molecule has 0 bridgehead atoms. The summed E-state index contributed by atoms with van der Waals surface area (Å²) in [5, 5.41) is 9.85. The predicted molar refractivity (Wildman–Crippen MR) is 72.5 cm³/mol. The molecule has 1 rings (SSSR count). The summed E-state index contributed by atoms with van der Waals surface area (Å²) in [7, 11) is 3.50. The van der Waals surface area contributed by atoms with Crippen molar-refractivity contribution in [2.75, 3.05) is 27.2 Å². The molecular weight excluding hydrogens is 228 g/mol. The van der Waals surface area contributed by atoms with E-state index in [0.717, 1.165) is 12.1 Å². The molecule has 1 N–H and O–H groups in total. The van der Waals surface area contributed by atoms with E-state index in [2.05, 4.69) is 0 Å². The van der Waals surface area contributed by atoms with Crippen molar-refractivity contribution in [1.29, 1.82) is 0 Å². The average Bonchev–Trinajstić information content (AvgIpc) is 2.35. The SMILES string of the molecule is CCN(CC(=O)N(C)C)C(C)c1ccccc1O. The van der Waals surface area contributed by atoms with Crippen molar-refractivity contribution in [2.45, 2.75) is 19.9 Å². The van der Waals surface area contributed by atoms with Crippen molar-refractivity contribution in [3.05, 3.63) is 29.8 Å². The van der Waals surface area contributed by atoms with Crippen LogP contribution in [0, 0.1) is 0 Å². The summed E-state index contributed by atoms with van der Waals surface area (Å²) >= 11 is 0. The van der Waals surface area contributed by atoms with Gasteiger partial charge in [0.05, 0.1) is 6.54 Å². The number of aromatic hydroxyl groups is 1. The number of phenolic OH excluding ortho intramolecular Hbond substituents is 1. The molecule has 0 aromatic heterocycles. The zero-order valence-corrected chi connectivity index (χ0v) is 11.6. The van der Waals surface area contributed by atoms with Crippen LogP contribution in [0.25, 0.3) is 0 Å². The van der Waals surface area contributed by atoms with E-state index in [1.807, 2.05) is 30.9 Å². The Bertz CT molecular complexity index is 405. The second-order valence-electron chi connectivity index (χ2n) is 4.59. The Morgan fingerprint density at radius 2 is 1.94 bits per heavy atom. The van der Waals surface area contributed by atoms with E-state index < -0.39 is 0 Å². The van der Waals surface area contributed by atoms with Gasteiger partial charge in [-0.2, -0.15) is 0 Å². The fourth-order valence-corrected chi connectivity index (χ4v) is 1.88. The standard InChI is InChI=1S/C14H22N2O2/c1-5-16(10-14(18)15(3)4)11(2)12-8-6-7-9-13(12)17/h6-9,11,17H,5,10H2,1-4H3. The third-order valence-electron chi connectivity index (χ3n) is 3.18. The molecule has 0 spiro atoms. The van der Waals surface area contributed by atoms with Crippen LogP contribution in [0.1, 0.15) is 25.5 Å². The van der Waals surface area contributed by atoms with Gasteiger partial charge in [-0.05, 0) is 19.5 Å². The second kappa shape index (κ2) is 6.40. The van der Waals surface area contributed by atoms with Crippen molar-refractivity contribution in [3.63, 3.8) is 0 Å². The van der Waals surface area contributed by atoms with E-state index in [-0.39, 0.29) is 17.7 Å². The van der Waals surface area contributed by atoms with E-state index in [1.165, 1.54) is 0 Å². The number of benzene rings is 1. The van der Waals surface area contributed by atoms with Gasteiger partial charge >= 0.3 is 0 Å². The molecule has 0 radical (unpaired) electrons. The number of para-hydroxylation sites is 1. The van der Waals surface area contributed by atoms with Crippen molar-refractivity contribution >= 4 is 5.91 Å². The van der Waals surface area contributed by atoms with Gasteiger partial charge in [0.2, 0.25) is 5.91 Å². The maximum atomic E-state index is 11.8. The first kappa shape index (κ1) is 14.5. The molecule has 4 nitrogen and oxygen atoms in total. The minimum absolute atomic E-state index is 0.0140. The Balaban J connectivity index is 2.83. The molecule has 1 aromatic carbocycles. The van der Waals surface area contributed by atoms with Gasteiger partial charge in [0, 0.05) is 25.7 Å². The van der Waals surface area contributed by atoms with Crippen molar-refractivity contribution in [2.24, 2.45) is 0 Å². The number of hydrogen-bond acceptors (Lipinski definition) is 3. The molecule has 0 fully saturated rings. The molecule has 1 aromatic rings. The zero-order valence-electron chi connectivity index (χ0n) is 11.6. The molecule has 0 saturated carbocycles. The van der Waals surface area contributed by atoms with Crippen LogP contribution in [0.4, 0.5) is 0 Å². The molecule has 1 unspecified atom stereocenters. The maximum Gasteiger partial charge on any atom is 0.236 e. The number of nitrogens with zero attached hydrogens (tertiary/aromatic N) is 2. The monoisotopic (exact) mass is 250 g/mol. The van der Waals surface area contributed by atoms with Crippen LogP contribution in [0.15, 0.2) is 24.3 Å². The van der Waals surface area contributed by atoms with Crippen LogP contribution in [-0.2, 0) is 4.79 Å². The molecular formula is C14H22N2O2. The molecule has 18 heavy (non-hydrogen) atoms. The summed E-state index contributed by atoms with van der Waals surface area (Å²) in [6, 6.07) is 7.27. The molecule has 0 heterocycles. The average molecular weight is 250 g/mol. The number of likely N-dealkylation sites (N-methyl/N-ethyl adjacent to an activating group) is 2. The lowest BCUT2D eigenvalue weighted by molar-refractivity contribution is -0.130. The van der Waals surface area contributed by atoms with E-state index >= 15 is 0 Å². The molecule has 1 atom stereocenters. The molecule has 0 aliphatic rings.